The molecule has 4 atom stereocenters. The molecule has 0 aromatic heterocycles. The van der Waals surface area contributed by atoms with Crippen molar-refractivity contribution in [1.82, 2.24) is 0 Å². The molecule has 178 valence electrons. The van der Waals surface area contributed by atoms with Crippen molar-refractivity contribution in [3.8, 4) is 0 Å². The highest BCUT2D eigenvalue weighted by atomic mass is 19.4. The summed E-state index contributed by atoms with van der Waals surface area (Å²) >= 11 is 0. The first kappa shape index (κ1) is 25.3. The molecule has 30 heavy (non-hydrogen) atoms. The van der Waals surface area contributed by atoms with Gasteiger partial charge in [0.05, 0.1) is 0 Å². The summed E-state index contributed by atoms with van der Waals surface area (Å²) in [6, 6.07) is 0. The molecular weight excluding hydrogens is 452 g/mol. The quantitative estimate of drug-likeness (QED) is 0.522. The van der Waals surface area contributed by atoms with Gasteiger partial charge in [0.25, 0.3) is 11.2 Å². The zero-order chi connectivity index (χ0) is 23.6. The Labute approximate surface area is 162 Å². The molecule has 2 fully saturated rings. The lowest BCUT2D eigenvalue weighted by Gasteiger charge is -2.54. The molecule has 14 heteroatoms. The lowest BCUT2D eigenvalue weighted by atomic mass is 9.54. The molecule has 2 saturated carbocycles. The summed E-state index contributed by atoms with van der Waals surface area (Å²) in [5.41, 5.74) is -10.6. The van der Waals surface area contributed by atoms with Gasteiger partial charge in [-0.05, 0) is 37.5 Å². The minimum absolute atomic E-state index is 0.536. The van der Waals surface area contributed by atoms with Gasteiger partial charge in [0.1, 0.15) is 0 Å². The Kier molecular flexibility index (Phi) is 6.17. The lowest BCUT2D eigenvalue weighted by Crippen LogP contribution is -2.68. The summed E-state index contributed by atoms with van der Waals surface area (Å²) < 4.78 is 159. The number of fused-ring (bicyclic) bond motifs is 1. The van der Waals surface area contributed by atoms with Crippen molar-refractivity contribution in [3.63, 3.8) is 0 Å². The van der Waals surface area contributed by atoms with Crippen LogP contribution in [0.15, 0.2) is 0 Å². The van der Waals surface area contributed by atoms with Gasteiger partial charge in [0.15, 0.2) is 0 Å². The summed E-state index contributed by atoms with van der Waals surface area (Å²) in [4.78, 5) is 0. The van der Waals surface area contributed by atoms with E-state index in [1.54, 1.807) is 0 Å². The fourth-order valence-electron chi connectivity index (χ4n) is 5.20. The topological polar surface area (TPSA) is 40.5 Å². The third-order valence-electron chi connectivity index (χ3n) is 6.49. The number of hydrogen-bond acceptors (Lipinski definition) is 2. The van der Waals surface area contributed by atoms with Crippen molar-refractivity contribution in [2.24, 2.45) is 23.7 Å². The average Bonchev–Trinajstić information content (AvgIpc) is 2.55. The average molecular weight is 470 g/mol. The summed E-state index contributed by atoms with van der Waals surface area (Å²) in [6.07, 6.45) is -29.0. The minimum atomic E-state index is -6.25. The van der Waals surface area contributed by atoms with Gasteiger partial charge in [0.2, 0.25) is 0 Å². The highest BCUT2D eigenvalue weighted by molar-refractivity contribution is 5.09. The van der Waals surface area contributed by atoms with E-state index < -0.39 is 98.1 Å². The number of halogens is 12. The number of hydrogen-bond donors (Lipinski definition) is 2. The molecule has 0 spiro atoms. The number of rotatable bonds is 2. The Hall–Kier alpha value is -0.920. The molecule has 2 nitrogen and oxygen atoms in total. The molecule has 0 amide bonds. The predicted molar refractivity (Wildman–Crippen MR) is 75.8 cm³/mol. The van der Waals surface area contributed by atoms with Crippen LogP contribution in [0.2, 0.25) is 0 Å². The van der Waals surface area contributed by atoms with Crippen molar-refractivity contribution in [3.05, 3.63) is 0 Å². The van der Waals surface area contributed by atoms with Crippen molar-refractivity contribution >= 4 is 0 Å². The summed E-state index contributed by atoms with van der Waals surface area (Å²) in [7, 11) is 0. The van der Waals surface area contributed by atoms with E-state index in [-0.39, 0.29) is 0 Å². The van der Waals surface area contributed by atoms with Crippen LogP contribution in [0.1, 0.15) is 38.5 Å². The van der Waals surface area contributed by atoms with E-state index in [9.17, 15) is 62.9 Å². The van der Waals surface area contributed by atoms with Gasteiger partial charge in [0, 0.05) is 11.8 Å². The van der Waals surface area contributed by atoms with Crippen molar-refractivity contribution in [2.45, 2.75) is 74.4 Å². The Morgan fingerprint density at radius 3 is 0.867 bits per heavy atom. The molecule has 4 unspecified atom stereocenters. The fourth-order valence-corrected chi connectivity index (χ4v) is 5.20. The first-order valence-corrected chi connectivity index (χ1v) is 8.93. The molecule has 0 aliphatic heterocycles. The largest absolute Gasteiger partial charge is 0.426 e. The molecule has 0 radical (unpaired) electrons. The first-order chi connectivity index (χ1) is 13.2. The summed E-state index contributed by atoms with van der Waals surface area (Å²) in [5.74, 6) is -9.27. The van der Waals surface area contributed by atoms with E-state index in [1.165, 1.54) is 0 Å². The smallest absolute Gasteiger partial charge is 0.373 e. The Morgan fingerprint density at radius 2 is 0.667 bits per heavy atom. The van der Waals surface area contributed by atoms with Gasteiger partial charge in [-0.1, -0.05) is 12.8 Å². The maximum Gasteiger partial charge on any atom is 0.426 e. The van der Waals surface area contributed by atoms with E-state index in [2.05, 4.69) is 0 Å². The zero-order valence-electron chi connectivity index (χ0n) is 15.0. The van der Waals surface area contributed by atoms with E-state index in [0.717, 1.165) is 0 Å². The molecule has 0 heterocycles. The van der Waals surface area contributed by atoms with Crippen LogP contribution >= 0.6 is 0 Å². The van der Waals surface area contributed by atoms with Crippen LogP contribution in [0.5, 0.6) is 0 Å². The monoisotopic (exact) mass is 470 g/mol. The van der Waals surface area contributed by atoms with E-state index in [0.29, 0.717) is 0 Å². The molecule has 0 saturated heterocycles. The molecule has 2 aliphatic carbocycles. The summed E-state index contributed by atoms with van der Waals surface area (Å²) in [6.45, 7) is 0. The van der Waals surface area contributed by atoms with Crippen LogP contribution in [-0.2, 0) is 0 Å². The first-order valence-electron chi connectivity index (χ1n) is 8.93. The summed E-state index contributed by atoms with van der Waals surface area (Å²) in [5, 5.41) is 19.4. The molecule has 0 aromatic carbocycles. The number of aliphatic hydroxyl groups is 2. The second-order valence-electron chi connectivity index (χ2n) is 7.93. The van der Waals surface area contributed by atoms with Gasteiger partial charge in [-0.3, -0.25) is 0 Å². The second kappa shape index (κ2) is 7.31. The standard InChI is InChI=1S/C16H18F12O2/c17-13(18,19)11(29,14(20,21)22)9-5-1-3-7-8(9)4-2-6-10(7)12(30,15(23,24)25)16(26,27)28/h7-10,29-30H,1-6H2. The van der Waals surface area contributed by atoms with Crippen molar-refractivity contribution in [1.29, 1.82) is 0 Å². The third kappa shape index (κ3) is 3.65. The van der Waals surface area contributed by atoms with Crippen LogP contribution in [0.25, 0.3) is 0 Å². The Morgan fingerprint density at radius 1 is 0.433 bits per heavy atom. The van der Waals surface area contributed by atoms with Crippen LogP contribution in [0, 0.1) is 23.7 Å². The maximum atomic E-state index is 13.3. The van der Waals surface area contributed by atoms with Gasteiger partial charge in [-0.2, -0.15) is 52.7 Å². The molecule has 2 N–H and O–H groups in total. The maximum absolute atomic E-state index is 13.3. The van der Waals surface area contributed by atoms with Crippen molar-refractivity contribution in [2.75, 3.05) is 0 Å². The Balaban J connectivity index is 2.57. The van der Waals surface area contributed by atoms with Gasteiger partial charge in [-0.15, -0.1) is 0 Å². The van der Waals surface area contributed by atoms with Crippen molar-refractivity contribution < 1.29 is 62.9 Å². The van der Waals surface area contributed by atoms with Crippen LogP contribution < -0.4 is 0 Å². The van der Waals surface area contributed by atoms with Gasteiger partial charge in [-0.25, -0.2) is 0 Å². The SMILES string of the molecule is OC(C1CCCC2C1CCCC2C(O)(C(F)(F)F)C(F)(F)F)(C(F)(F)F)C(F)(F)F. The van der Waals surface area contributed by atoms with Gasteiger partial charge >= 0.3 is 24.7 Å². The minimum Gasteiger partial charge on any atom is -0.373 e. The molecule has 2 rings (SSSR count). The van der Waals surface area contributed by atoms with E-state index in [4.69, 9.17) is 0 Å². The molecule has 2 aliphatic rings. The normalized spacial score (nSPS) is 30.2. The third-order valence-corrected chi connectivity index (χ3v) is 6.49. The molecule has 0 aromatic rings. The fraction of sp³-hybridized carbons (Fsp3) is 1.00. The second-order valence-corrected chi connectivity index (χ2v) is 7.93. The zero-order valence-corrected chi connectivity index (χ0v) is 15.0. The van der Waals surface area contributed by atoms with Crippen LogP contribution in [0.4, 0.5) is 52.7 Å². The van der Waals surface area contributed by atoms with E-state index >= 15 is 0 Å². The van der Waals surface area contributed by atoms with Gasteiger partial charge < -0.3 is 10.2 Å². The highest BCUT2D eigenvalue weighted by Gasteiger charge is 2.78. The van der Waals surface area contributed by atoms with E-state index in [1.807, 2.05) is 0 Å². The van der Waals surface area contributed by atoms with Crippen LogP contribution in [0.3, 0.4) is 0 Å². The number of alkyl halides is 12. The predicted octanol–water partition coefficient (Wildman–Crippen LogP) is 5.53. The molecular formula is C16H18F12O2. The lowest BCUT2D eigenvalue weighted by molar-refractivity contribution is -0.405. The Bertz CT molecular complexity index is 536. The molecule has 0 bridgehead atoms. The highest BCUT2D eigenvalue weighted by Crippen LogP contribution is 2.61. The van der Waals surface area contributed by atoms with Crippen LogP contribution in [-0.4, -0.2) is 46.1 Å².